The number of ether oxygens (including phenoxy) is 1. The molecule has 0 aromatic carbocycles. The van der Waals surface area contributed by atoms with Crippen molar-refractivity contribution >= 4 is 6.09 Å². The van der Waals surface area contributed by atoms with Crippen LogP contribution in [0.5, 0.6) is 0 Å². The van der Waals surface area contributed by atoms with E-state index in [0.717, 1.165) is 13.1 Å². The van der Waals surface area contributed by atoms with Crippen LogP contribution in [0.25, 0.3) is 0 Å². The van der Waals surface area contributed by atoms with E-state index >= 15 is 0 Å². The van der Waals surface area contributed by atoms with E-state index in [0.29, 0.717) is 17.3 Å². The second kappa shape index (κ2) is 4.00. The number of fused-ring (bicyclic) bond motifs is 1. The monoisotopic (exact) mass is 263 g/mol. The van der Waals surface area contributed by atoms with E-state index in [4.69, 9.17) is 4.74 Å². The van der Waals surface area contributed by atoms with Gasteiger partial charge in [0, 0.05) is 13.1 Å². The van der Waals surface area contributed by atoms with E-state index < -0.39 is 0 Å². The van der Waals surface area contributed by atoms with Crippen molar-refractivity contribution in [3.8, 4) is 0 Å². The summed E-state index contributed by atoms with van der Waals surface area (Å²) in [5, 5.41) is 0. The van der Waals surface area contributed by atoms with Gasteiger partial charge in [-0.15, -0.1) is 0 Å². The van der Waals surface area contributed by atoms with E-state index in [9.17, 15) is 4.79 Å². The highest BCUT2D eigenvalue weighted by Gasteiger charge is 2.53. The number of carbonyl (C=O) groups excluding carboxylic acids is 1. The summed E-state index contributed by atoms with van der Waals surface area (Å²) in [6.45, 7) is 11.6. The zero-order valence-corrected chi connectivity index (χ0v) is 12.4. The van der Waals surface area contributed by atoms with Crippen LogP contribution in [0.2, 0.25) is 0 Å². The number of nitrogens with zero attached hydrogens (tertiary/aromatic N) is 1. The molecule has 3 fully saturated rings. The number of carbonyl (C=O) groups is 1. The van der Waals surface area contributed by atoms with Gasteiger partial charge in [-0.1, -0.05) is 12.2 Å². The number of rotatable bonds is 0. The summed E-state index contributed by atoms with van der Waals surface area (Å²) in [5.41, 5.74) is 1.60. The first-order valence-corrected chi connectivity index (χ1v) is 7.41. The first-order valence-electron chi connectivity index (χ1n) is 7.41. The van der Waals surface area contributed by atoms with Crippen LogP contribution < -0.4 is 0 Å². The molecule has 0 bridgehead atoms. The Labute approximate surface area is 116 Å². The molecule has 0 N–H and O–H groups in total. The van der Waals surface area contributed by atoms with E-state index in [1.807, 2.05) is 25.7 Å². The van der Waals surface area contributed by atoms with Gasteiger partial charge in [0.15, 0.2) is 0 Å². The summed E-state index contributed by atoms with van der Waals surface area (Å²) in [4.78, 5) is 14.0. The highest BCUT2D eigenvalue weighted by Crippen LogP contribution is 2.60. The van der Waals surface area contributed by atoms with Crippen LogP contribution in [0, 0.1) is 17.3 Å². The molecule has 3 nitrogen and oxygen atoms in total. The summed E-state index contributed by atoms with van der Waals surface area (Å²) in [5.74, 6) is 1.39. The normalized spacial score (nSPS) is 32.4. The summed E-state index contributed by atoms with van der Waals surface area (Å²) >= 11 is 0. The van der Waals surface area contributed by atoms with Crippen molar-refractivity contribution in [2.45, 2.75) is 52.1 Å². The van der Waals surface area contributed by atoms with Gasteiger partial charge in [-0.2, -0.15) is 0 Å². The average molecular weight is 263 g/mol. The fourth-order valence-electron chi connectivity index (χ4n) is 4.37. The molecule has 0 aromatic rings. The smallest absolute Gasteiger partial charge is 0.410 e. The van der Waals surface area contributed by atoms with Crippen LogP contribution in [0.1, 0.15) is 46.5 Å². The molecule has 19 heavy (non-hydrogen) atoms. The Bertz CT molecular complexity index is 397. The van der Waals surface area contributed by atoms with Crippen molar-refractivity contribution in [2.75, 3.05) is 13.1 Å². The molecule has 2 unspecified atom stereocenters. The highest BCUT2D eigenvalue weighted by atomic mass is 16.6. The Balaban J connectivity index is 1.56. The van der Waals surface area contributed by atoms with Gasteiger partial charge < -0.3 is 9.64 Å². The average Bonchev–Trinajstić information content (AvgIpc) is 2.68. The zero-order chi connectivity index (χ0) is 13.8. The van der Waals surface area contributed by atoms with E-state index in [1.165, 1.54) is 31.3 Å². The van der Waals surface area contributed by atoms with Gasteiger partial charge in [0.2, 0.25) is 0 Å². The lowest BCUT2D eigenvalue weighted by molar-refractivity contribution is 0.0265. The van der Waals surface area contributed by atoms with Crippen molar-refractivity contribution < 1.29 is 9.53 Å². The maximum absolute atomic E-state index is 12.1. The second-order valence-corrected chi connectivity index (χ2v) is 7.92. The Morgan fingerprint density at radius 2 is 1.79 bits per heavy atom. The zero-order valence-electron chi connectivity index (χ0n) is 12.4. The molecule has 1 aliphatic heterocycles. The molecule has 106 valence electrons. The van der Waals surface area contributed by atoms with Crippen molar-refractivity contribution in [1.29, 1.82) is 0 Å². The van der Waals surface area contributed by atoms with Crippen LogP contribution in [-0.2, 0) is 4.74 Å². The molecule has 3 aliphatic rings. The maximum Gasteiger partial charge on any atom is 0.410 e. The number of hydrogen-bond acceptors (Lipinski definition) is 2. The molecule has 1 saturated heterocycles. The Hall–Kier alpha value is -0.990. The maximum atomic E-state index is 12.1. The van der Waals surface area contributed by atoms with Crippen molar-refractivity contribution in [3.63, 3.8) is 0 Å². The van der Waals surface area contributed by atoms with Crippen LogP contribution in [0.4, 0.5) is 4.79 Å². The van der Waals surface area contributed by atoms with Gasteiger partial charge in [-0.05, 0) is 63.7 Å². The van der Waals surface area contributed by atoms with Gasteiger partial charge in [-0.3, -0.25) is 0 Å². The Morgan fingerprint density at radius 3 is 2.21 bits per heavy atom. The molecule has 2 saturated carbocycles. The molecule has 0 aromatic heterocycles. The third kappa shape index (κ3) is 2.39. The molecule has 1 spiro atoms. The minimum absolute atomic E-state index is 0.131. The van der Waals surface area contributed by atoms with E-state index in [2.05, 4.69) is 6.58 Å². The minimum atomic E-state index is -0.387. The minimum Gasteiger partial charge on any atom is -0.444 e. The van der Waals surface area contributed by atoms with Crippen LogP contribution in [0.3, 0.4) is 0 Å². The second-order valence-electron chi connectivity index (χ2n) is 7.92. The molecule has 2 aliphatic carbocycles. The van der Waals surface area contributed by atoms with Gasteiger partial charge in [0.05, 0.1) is 0 Å². The largest absolute Gasteiger partial charge is 0.444 e. The molecule has 3 heteroatoms. The Morgan fingerprint density at radius 1 is 1.26 bits per heavy atom. The molecular weight excluding hydrogens is 238 g/mol. The van der Waals surface area contributed by atoms with Gasteiger partial charge in [0.1, 0.15) is 5.60 Å². The van der Waals surface area contributed by atoms with Gasteiger partial charge >= 0.3 is 6.09 Å². The van der Waals surface area contributed by atoms with Crippen molar-refractivity contribution in [1.82, 2.24) is 4.90 Å². The van der Waals surface area contributed by atoms with E-state index in [-0.39, 0.29) is 11.7 Å². The fourth-order valence-corrected chi connectivity index (χ4v) is 4.37. The van der Waals surface area contributed by atoms with Gasteiger partial charge in [0.25, 0.3) is 0 Å². The van der Waals surface area contributed by atoms with Crippen molar-refractivity contribution in [3.05, 3.63) is 12.2 Å². The molecule has 1 heterocycles. The lowest BCUT2D eigenvalue weighted by Crippen LogP contribution is -2.37. The third-order valence-electron chi connectivity index (χ3n) is 4.87. The van der Waals surface area contributed by atoms with Crippen LogP contribution in [0.15, 0.2) is 12.2 Å². The first kappa shape index (κ1) is 13.0. The number of amides is 1. The highest BCUT2D eigenvalue weighted by molar-refractivity contribution is 5.68. The molecule has 3 rings (SSSR count). The summed E-state index contributed by atoms with van der Waals surface area (Å²) in [6.07, 6.45) is 4.90. The topological polar surface area (TPSA) is 29.5 Å². The Kier molecular flexibility index (Phi) is 2.74. The molecular formula is C16H25NO2. The number of likely N-dealkylation sites (tertiary alicyclic amines) is 1. The molecule has 1 amide bonds. The van der Waals surface area contributed by atoms with Crippen molar-refractivity contribution in [2.24, 2.45) is 17.3 Å². The predicted octanol–water partition coefficient (Wildman–Crippen LogP) is 3.60. The summed E-state index contributed by atoms with van der Waals surface area (Å²) < 4.78 is 5.47. The van der Waals surface area contributed by atoms with Crippen LogP contribution in [-0.4, -0.2) is 29.7 Å². The van der Waals surface area contributed by atoms with E-state index in [1.54, 1.807) is 0 Å². The number of allylic oxidation sites excluding steroid dienone is 1. The fraction of sp³-hybridized carbons (Fsp3) is 0.812. The van der Waals surface area contributed by atoms with Gasteiger partial charge in [-0.25, -0.2) is 4.79 Å². The predicted molar refractivity (Wildman–Crippen MR) is 74.8 cm³/mol. The molecule has 2 atom stereocenters. The lowest BCUT2D eigenvalue weighted by Gasteiger charge is -2.41. The third-order valence-corrected chi connectivity index (χ3v) is 4.87. The number of hydrogen-bond donors (Lipinski definition) is 0. The SMILES string of the molecule is C=C1CC2(C1)CC1CN(C(=O)OC(C)(C)C)CC1C2. The molecule has 0 radical (unpaired) electrons. The summed E-state index contributed by atoms with van der Waals surface area (Å²) in [7, 11) is 0. The van der Waals surface area contributed by atoms with Crippen LogP contribution >= 0.6 is 0 Å². The summed E-state index contributed by atoms with van der Waals surface area (Å²) in [6, 6.07) is 0. The quantitative estimate of drug-likeness (QED) is 0.625. The standard InChI is InChI=1S/C16H25NO2/c1-11-5-16(6-11)7-12-9-17(10-13(12)8-16)14(18)19-15(2,3)4/h12-13H,1,5-10H2,2-4H3. The first-order chi connectivity index (χ1) is 8.76. The lowest BCUT2D eigenvalue weighted by atomic mass is 9.64.